The van der Waals surface area contributed by atoms with E-state index in [1.165, 1.54) is 12.1 Å². The third kappa shape index (κ3) is 3.00. The molecule has 2 aromatic rings. The van der Waals surface area contributed by atoms with Crippen LogP contribution in [0.5, 0.6) is 11.5 Å². The lowest BCUT2D eigenvalue weighted by Gasteiger charge is -2.11. The fraction of sp³-hybridized carbons (Fsp3) is 0.0714. The lowest BCUT2D eigenvalue weighted by molar-refractivity contribution is 0.318. The van der Waals surface area contributed by atoms with Crippen molar-refractivity contribution in [2.45, 2.75) is 6.92 Å². The normalized spacial score (nSPS) is 11.4. The number of hydrogen-bond donors (Lipinski definition) is 2. The molecule has 2 aromatic carbocycles. The SMILES string of the molecule is Cc1ccc(Oc2cc(Cl)ccc2/C(N)=N/O)cc1F. The summed E-state index contributed by atoms with van der Waals surface area (Å²) >= 11 is 5.89. The molecule has 0 atom stereocenters. The quantitative estimate of drug-likeness (QED) is 0.393. The van der Waals surface area contributed by atoms with Gasteiger partial charge in [-0.05, 0) is 30.7 Å². The number of rotatable bonds is 3. The van der Waals surface area contributed by atoms with Gasteiger partial charge in [0.25, 0.3) is 0 Å². The molecule has 0 bridgehead atoms. The molecule has 0 aliphatic heterocycles. The van der Waals surface area contributed by atoms with Gasteiger partial charge in [0.15, 0.2) is 5.84 Å². The van der Waals surface area contributed by atoms with E-state index < -0.39 is 0 Å². The van der Waals surface area contributed by atoms with E-state index in [1.807, 2.05) is 0 Å². The van der Waals surface area contributed by atoms with Crippen LogP contribution in [0.4, 0.5) is 4.39 Å². The summed E-state index contributed by atoms with van der Waals surface area (Å²) in [6, 6.07) is 9.11. The summed E-state index contributed by atoms with van der Waals surface area (Å²) in [7, 11) is 0. The Kier molecular flexibility index (Phi) is 4.10. The molecular weight excluding hydrogens is 283 g/mol. The summed E-state index contributed by atoms with van der Waals surface area (Å²) in [5.74, 6) is 0.0672. The fourth-order valence-electron chi connectivity index (χ4n) is 1.61. The number of amidine groups is 1. The number of ether oxygens (including phenoxy) is 1. The molecule has 0 saturated heterocycles. The standard InChI is InChI=1S/C14H12ClFN2O2/c1-8-2-4-10(7-12(8)16)20-13-6-9(15)3-5-11(13)14(17)18-19/h2-7,19H,1H3,(H2,17,18). The predicted molar refractivity (Wildman–Crippen MR) is 75.2 cm³/mol. The van der Waals surface area contributed by atoms with Crippen LogP contribution in [0.15, 0.2) is 41.6 Å². The first-order valence-corrected chi connectivity index (χ1v) is 6.10. The number of nitrogens with zero attached hydrogens (tertiary/aromatic N) is 1. The van der Waals surface area contributed by atoms with Gasteiger partial charge in [0.1, 0.15) is 17.3 Å². The zero-order chi connectivity index (χ0) is 14.7. The summed E-state index contributed by atoms with van der Waals surface area (Å²) in [5, 5.41) is 12.1. The Morgan fingerprint density at radius 2 is 2.05 bits per heavy atom. The van der Waals surface area contributed by atoms with E-state index in [4.69, 9.17) is 27.3 Å². The Hall–Kier alpha value is -2.27. The Balaban J connectivity index is 2.41. The molecule has 0 aliphatic carbocycles. The van der Waals surface area contributed by atoms with Crippen molar-refractivity contribution in [1.29, 1.82) is 0 Å². The van der Waals surface area contributed by atoms with Gasteiger partial charge in [-0.2, -0.15) is 0 Å². The van der Waals surface area contributed by atoms with Gasteiger partial charge >= 0.3 is 0 Å². The third-order valence-corrected chi connectivity index (χ3v) is 2.93. The minimum Gasteiger partial charge on any atom is -0.456 e. The topological polar surface area (TPSA) is 67.8 Å². The first-order valence-electron chi connectivity index (χ1n) is 5.72. The zero-order valence-electron chi connectivity index (χ0n) is 10.6. The van der Waals surface area contributed by atoms with Crippen LogP contribution >= 0.6 is 11.6 Å². The second-order valence-electron chi connectivity index (χ2n) is 4.14. The van der Waals surface area contributed by atoms with E-state index in [9.17, 15) is 4.39 Å². The average Bonchev–Trinajstić information content (AvgIpc) is 2.42. The van der Waals surface area contributed by atoms with Crippen molar-refractivity contribution in [2.24, 2.45) is 10.9 Å². The van der Waals surface area contributed by atoms with Crippen molar-refractivity contribution < 1.29 is 14.3 Å². The Morgan fingerprint density at radius 3 is 2.70 bits per heavy atom. The highest BCUT2D eigenvalue weighted by molar-refractivity contribution is 6.30. The van der Waals surface area contributed by atoms with E-state index in [2.05, 4.69) is 5.16 Å². The van der Waals surface area contributed by atoms with Crippen molar-refractivity contribution in [1.82, 2.24) is 0 Å². The van der Waals surface area contributed by atoms with Crippen LogP contribution in [-0.2, 0) is 0 Å². The highest BCUT2D eigenvalue weighted by Crippen LogP contribution is 2.29. The van der Waals surface area contributed by atoms with E-state index >= 15 is 0 Å². The molecule has 0 unspecified atom stereocenters. The highest BCUT2D eigenvalue weighted by Gasteiger charge is 2.11. The maximum Gasteiger partial charge on any atom is 0.173 e. The smallest absolute Gasteiger partial charge is 0.173 e. The molecule has 0 heterocycles. The van der Waals surface area contributed by atoms with Gasteiger partial charge in [-0.1, -0.05) is 22.8 Å². The highest BCUT2D eigenvalue weighted by atomic mass is 35.5. The van der Waals surface area contributed by atoms with E-state index in [0.717, 1.165) is 0 Å². The number of benzene rings is 2. The average molecular weight is 295 g/mol. The molecule has 2 rings (SSSR count). The van der Waals surface area contributed by atoms with E-state index in [1.54, 1.807) is 31.2 Å². The van der Waals surface area contributed by atoms with Crippen molar-refractivity contribution in [3.63, 3.8) is 0 Å². The molecule has 0 fully saturated rings. The third-order valence-electron chi connectivity index (χ3n) is 2.70. The Morgan fingerprint density at radius 1 is 1.30 bits per heavy atom. The maximum absolute atomic E-state index is 13.5. The van der Waals surface area contributed by atoms with Gasteiger partial charge < -0.3 is 15.7 Å². The summed E-state index contributed by atoms with van der Waals surface area (Å²) in [6.45, 7) is 1.65. The summed E-state index contributed by atoms with van der Waals surface area (Å²) in [5.41, 5.74) is 6.43. The number of nitrogens with two attached hydrogens (primary N) is 1. The largest absolute Gasteiger partial charge is 0.456 e. The van der Waals surface area contributed by atoms with Gasteiger partial charge in [0, 0.05) is 17.2 Å². The van der Waals surface area contributed by atoms with Crippen molar-refractivity contribution in [3.05, 3.63) is 58.4 Å². The first kappa shape index (κ1) is 14.1. The molecule has 4 nitrogen and oxygen atoms in total. The molecule has 0 saturated carbocycles. The zero-order valence-corrected chi connectivity index (χ0v) is 11.4. The molecule has 104 valence electrons. The van der Waals surface area contributed by atoms with Gasteiger partial charge in [0.2, 0.25) is 0 Å². The van der Waals surface area contributed by atoms with Crippen LogP contribution < -0.4 is 10.5 Å². The summed E-state index contributed by atoms with van der Waals surface area (Å²) in [4.78, 5) is 0. The second kappa shape index (κ2) is 5.79. The summed E-state index contributed by atoms with van der Waals surface area (Å²) < 4.78 is 19.0. The van der Waals surface area contributed by atoms with Crippen LogP contribution in [-0.4, -0.2) is 11.0 Å². The summed E-state index contributed by atoms with van der Waals surface area (Å²) in [6.07, 6.45) is 0. The van der Waals surface area contributed by atoms with Gasteiger partial charge in [-0.15, -0.1) is 0 Å². The number of halogens is 2. The van der Waals surface area contributed by atoms with E-state index in [-0.39, 0.29) is 17.4 Å². The van der Waals surface area contributed by atoms with Crippen molar-refractivity contribution in [3.8, 4) is 11.5 Å². The molecular formula is C14H12ClFN2O2. The van der Waals surface area contributed by atoms with Gasteiger partial charge in [-0.3, -0.25) is 0 Å². The molecule has 20 heavy (non-hydrogen) atoms. The first-order chi connectivity index (χ1) is 9.51. The molecule has 3 N–H and O–H groups in total. The Bertz CT molecular complexity index is 674. The molecule has 0 amide bonds. The van der Waals surface area contributed by atoms with Crippen molar-refractivity contribution in [2.75, 3.05) is 0 Å². The monoisotopic (exact) mass is 294 g/mol. The minimum absolute atomic E-state index is 0.121. The van der Waals surface area contributed by atoms with Crippen molar-refractivity contribution >= 4 is 17.4 Å². The van der Waals surface area contributed by atoms with Crippen LogP contribution in [0, 0.1) is 12.7 Å². The number of hydrogen-bond acceptors (Lipinski definition) is 3. The van der Waals surface area contributed by atoms with Crippen LogP contribution in [0.1, 0.15) is 11.1 Å². The molecule has 0 aromatic heterocycles. The minimum atomic E-state index is -0.380. The maximum atomic E-state index is 13.5. The Labute approximate surface area is 120 Å². The second-order valence-corrected chi connectivity index (χ2v) is 4.58. The lowest BCUT2D eigenvalue weighted by Crippen LogP contribution is -2.14. The van der Waals surface area contributed by atoms with E-state index in [0.29, 0.717) is 21.9 Å². The fourth-order valence-corrected chi connectivity index (χ4v) is 1.77. The number of oxime groups is 1. The van der Waals surface area contributed by atoms with Crippen LogP contribution in [0.3, 0.4) is 0 Å². The molecule has 0 aliphatic rings. The van der Waals surface area contributed by atoms with Gasteiger partial charge in [-0.25, -0.2) is 4.39 Å². The van der Waals surface area contributed by atoms with Gasteiger partial charge in [0.05, 0.1) is 5.56 Å². The predicted octanol–water partition coefficient (Wildman–Crippen LogP) is 3.67. The molecule has 0 radical (unpaired) electrons. The lowest BCUT2D eigenvalue weighted by atomic mass is 10.2. The van der Waals surface area contributed by atoms with Crippen LogP contribution in [0.25, 0.3) is 0 Å². The molecule has 0 spiro atoms. The van der Waals surface area contributed by atoms with Crippen LogP contribution in [0.2, 0.25) is 5.02 Å². The number of aryl methyl sites for hydroxylation is 1. The molecule has 6 heteroatoms.